The number of thiocarbonyl (C=S) groups is 1. The van der Waals surface area contributed by atoms with Crippen LogP contribution in [-0.2, 0) is 20.5 Å². The summed E-state index contributed by atoms with van der Waals surface area (Å²) in [7, 11) is -3.38. The Kier molecular flexibility index (Phi) is 4.67. The molecule has 0 aliphatic carbocycles. The first-order valence-corrected chi connectivity index (χ1v) is 8.72. The molecule has 1 saturated heterocycles. The van der Waals surface area contributed by atoms with Crippen molar-refractivity contribution in [1.82, 2.24) is 4.31 Å². The van der Waals surface area contributed by atoms with E-state index in [0.717, 1.165) is 0 Å². The van der Waals surface area contributed by atoms with Crippen LogP contribution in [0.15, 0.2) is 24.3 Å². The summed E-state index contributed by atoms with van der Waals surface area (Å²) in [6, 6.07) is 7.04. The molecule has 0 radical (unpaired) electrons. The number of ether oxygens (including phenoxy) is 1. The average molecular weight is 328 g/mol. The van der Waals surface area contributed by atoms with E-state index in [0.29, 0.717) is 30.8 Å². The van der Waals surface area contributed by atoms with Gasteiger partial charge in [-0.2, -0.15) is 4.31 Å². The summed E-state index contributed by atoms with van der Waals surface area (Å²) in [6.45, 7) is 4.95. The number of hydrogen-bond donors (Lipinski definition) is 1. The molecule has 1 aliphatic heterocycles. The number of rotatable bonds is 4. The van der Waals surface area contributed by atoms with E-state index in [1.54, 1.807) is 24.3 Å². The maximum absolute atomic E-state index is 12.5. The van der Waals surface area contributed by atoms with Gasteiger partial charge in [-0.05, 0) is 25.5 Å². The maximum atomic E-state index is 12.5. The predicted molar refractivity (Wildman–Crippen MR) is 86.6 cm³/mol. The fourth-order valence-electron chi connectivity index (χ4n) is 2.33. The third-order valence-electron chi connectivity index (χ3n) is 3.34. The SMILES string of the molecule is CC1(C)CN(S(=O)(=O)Cc2cccc(C(N)=S)c2)CCO1. The first-order valence-electron chi connectivity index (χ1n) is 6.70. The zero-order valence-corrected chi connectivity index (χ0v) is 13.8. The van der Waals surface area contributed by atoms with Crippen LogP contribution in [0.4, 0.5) is 0 Å². The lowest BCUT2D eigenvalue weighted by Crippen LogP contribution is -2.50. The van der Waals surface area contributed by atoms with Crippen molar-refractivity contribution in [3.63, 3.8) is 0 Å². The van der Waals surface area contributed by atoms with Crippen LogP contribution in [0, 0.1) is 0 Å². The molecule has 1 fully saturated rings. The molecule has 1 aromatic rings. The minimum Gasteiger partial charge on any atom is -0.389 e. The summed E-state index contributed by atoms with van der Waals surface area (Å²) in [6.07, 6.45) is 0. The third-order valence-corrected chi connectivity index (χ3v) is 5.38. The lowest BCUT2D eigenvalue weighted by molar-refractivity contribution is -0.0640. The molecule has 2 rings (SSSR count). The second-order valence-electron chi connectivity index (χ2n) is 5.76. The zero-order valence-electron chi connectivity index (χ0n) is 12.2. The molecular formula is C14H20N2O3S2. The molecule has 0 unspecified atom stereocenters. The van der Waals surface area contributed by atoms with Gasteiger partial charge in [0.05, 0.1) is 18.0 Å². The van der Waals surface area contributed by atoms with Gasteiger partial charge in [-0.15, -0.1) is 0 Å². The normalized spacial score (nSPS) is 19.3. The molecule has 0 saturated carbocycles. The fourth-order valence-corrected chi connectivity index (χ4v) is 4.10. The summed E-state index contributed by atoms with van der Waals surface area (Å²) in [5, 5.41) is 0. The van der Waals surface area contributed by atoms with E-state index < -0.39 is 15.6 Å². The van der Waals surface area contributed by atoms with Crippen molar-refractivity contribution in [3.8, 4) is 0 Å². The van der Waals surface area contributed by atoms with Crippen molar-refractivity contribution in [2.24, 2.45) is 5.73 Å². The molecular weight excluding hydrogens is 308 g/mol. The highest BCUT2D eigenvalue weighted by molar-refractivity contribution is 7.88. The van der Waals surface area contributed by atoms with Crippen molar-refractivity contribution < 1.29 is 13.2 Å². The molecule has 2 N–H and O–H groups in total. The Morgan fingerprint density at radius 2 is 2.19 bits per heavy atom. The lowest BCUT2D eigenvalue weighted by Gasteiger charge is -2.37. The number of nitrogens with zero attached hydrogens (tertiary/aromatic N) is 1. The van der Waals surface area contributed by atoms with E-state index >= 15 is 0 Å². The van der Waals surface area contributed by atoms with Crippen LogP contribution in [0.25, 0.3) is 0 Å². The number of benzene rings is 1. The van der Waals surface area contributed by atoms with Crippen molar-refractivity contribution in [3.05, 3.63) is 35.4 Å². The van der Waals surface area contributed by atoms with E-state index in [4.69, 9.17) is 22.7 Å². The number of nitrogens with two attached hydrogens (primary N) is 1. The highest BCUT2D eigenvalue weighted by Gasteiger charge is 2.33. The summed E-state index contributed by atoms with van der Waals surface area (Å²) in [5.74, 6) is -0.0560. The van der Waals surface area contributed by atoms with E-state index in [1.807, 2.05) is 13.8 Å². The second-order valence-corrected chi connectivity index (χ2v) is 8.17. The molecule has 0 amide bonds. The Morgan fingerprint density at radius 1 is 1.48 bits per heavy atom. The van der Waals surface area contributed by atoms with Crippen LogP contribution in [0.5, 0.6) is 0 Å². The summed E-state index contributed by atoms with van der Waals surface area (Å²) < 4.78 is 32.1. The number of morpholine rings is 1. The smallest absolute Gasteiger partial charge is 0.218 e. The maximum Gasteiger partial charge on any atom is 0.218 e. The molecule has 1 aromatic carbocycles. The minimum atomic E-state index is -3.38. The Bertz CT molecular complexity index is 641. The standard InChI is InChI=1S/C14H20N2O3S2/c1-14(2)10-16(6-7-19-14)21(17,18)9-11-4-3-5-12(8-11)13(15)20/h3-5,8H,6-7,9-10H2,1-2H3,(H2,15,20). The van der Waals surface area contributed by atoms with Crippen LogP contribution in [0.2, 0.25) is 0 Å². The molecule has 1 heterocycles. The van der Waals surface area contributed by atoms with Crippen molar-refractivity contribution >= 4 is 27.2 Å². The monoisotopic (exact) mass is 328 g/mol. The van der Waals surface area contributed by atoms with Crippen molar-refractivity contribution in [2.45, 2.75) is 25.2 Å². The van der Waals surface area contributed by atoms with Gasteiger partial charge in [0, 0.05) is 18.7 Å². The topological polar surface area (TPSA) is 72.6 Å². The van der Waals surface area contributed by atoms with E-state index in [9.17, 15) is 8.42 Å². The fraction of sp³-hybridized carbons (Fsp3) is 0.500. The van der Waals surface area contributed by atoms with Gasteiger partial charge >= 0.3 is 0 Å². The van der Waals surface area contributed by atoms with Gasteiger partial charge in [-0.25, -0.2) is 8.42 Å². The quantitative estimate of drug-likeness (QED) is 0.843. The van der Waals surface area contributed by atoms with E-state index in [-0.39, 0.29) is 10.7 Å². The number of hydrogen-bond acceptors (Lipinski definition) is 4. The van der Waals surface area contributed by atoms with Gasteiger partial charge in [0.25, 0.3) is 0 Å². The van der Waals surface area contributed by atoms with Gasteiger partial charge in [-0.3, -0.25) is 0 Å². The van der Waals surface area contributed by atoms with Crippen LogP contribution in [-0.4, -0.2) is 43.0 Å². The first kappa shape index (κ1) is 16.4. The summed E-state index contributed by atoms with van der Waals surface area (Å²) in [5.41, 5.74) is 6.49. The van der Waals surface area contributed by atoms with Gasteiger partial charge < -0.3 is 10.5 Å². The zero-order chi connectivity index (χ0) is 15.7. The highest BCUT2D eigenvalue weighted by Crippen LogP contribution is 2.21. The van der Waals surface area contributed by atoms with Crippen LogP contribution < -0.4 is 5.73 Å². The lowest BCUT2D eigenvalue weighted by atomic mass is 10.1. The molecule has 0 atom stereocenters. The second kappa shape index (κ2) is 6.00. The molecule has 0 spiro atoms. The minimum absolute atomic E-state index is 0.0560. The third kappa shape index (κ3) is 4.23. The van der Waals surface area contributed by atoms with Crippen molar-refractivity contribution in [1.29, 1.82) is 0 Å². The largest absolute Gasteiger partial charge is 0.389 e. The Morgan fingerprint density at radius 3 is 2.81 bits per heavy atom. The van der Waals surface area contributed by atoms with Crippen LogP contribution in [0.3, 0.4) is 0 Å². The Balaban J connectivity index is 2.17. The van der Waals surface area contributed by atoms with Crippen LogP contribution >= 0.6 is 12.2 Å². The van der Waals surface area contributed by atoms with Crippen molar-refractivity contribution in [2.75, 3.05) is 19.7 Å². The molecule has 21 heavy (non-hydrogen) atoms. The van der Waals surface area contributed by atoms with Gasteiger partial charge in [-0.1, -0.05) is 30.4 Å². The molecule has 0 bridgehead atoms. The van der Waals surface area contributed by atoms with E-state index in [1.165, 1.54) is 4.31 Å². The number of sulfonamides is 1. The van der Waals surface area contributed by atoms with Crippen LogP contribution in [0.1, 0.15) is 25.0 Å². The van der Waals surface area contributed by atoms with Gasteiger partial charge in [0.1, 0.15) is 4.99 Å². The molecule has 116 valence electrons. The summed E-state index contributed by atoms with van der Waals surface area (Å²) >= 11 is 4.92. The predicted octanol–water partition coefficient (Wildman–Crippen LogP) is 1.26. The Hall–Kier alpha value is -1.02. The highest BCUT2D eigenvalue weighted by atomic mass is 32.2. The van der Waals surface area contributed by atoms with E-state index in [2.05, 4.69) is 0 Å². The Labute approximate surface area is 131 Å². The van der Waals surface area contributed by atoms with Gasteiger partial charge in [0.15, 0.2) is 0 Å². The molecule has 0 aromatic heterocycles. The molecule has 5 nitrogen and oxygen atoms in total. The molecule has 1 aliphatic rings. The first-order chi connectivity index (χ1) is 9.70. The van der Waals surface area contributed by atoms with Gasteiger partial charge in [0.2, 0.25) is 10.0 Å². The summed E-state index contributed by atoms with van der Waals surface area (Å²) in [4.78, 5) is 0.266. The average Bonchev–Trinajstić information content (AvgIpc) is 2.37. The molecule has 7 heteroatoms.